The average Bonchev–Trinajstić information content (AvgIpc) is 2.22. The Hall–Kier alpha value is -0.920. The lowest BCUT2D eigenvalue weighted by atomic mass is 10.3. The van der Waals surface area contributed by atoms with Crippen molar-refractivity contribution in [1.29, 1.82) is 0 Å². The van der Waals surface area contributed by atoms with Gasteiger partial charge < -0.3 is 5.32 Å². The van der Waals surface area contributed by atoms with E-state index in [1.165, 1.54) is 0 Å². The Morgan fingerprint density at radius 2 is 1.67 bits per heavy atom. The smallest absolute Gasteiger partial charge is 0.316 e. The van der Waals surface area contributed by atoms with E-state index in [0.29, 0.717) is 14.6 Å². The first kappa shape index (κ1) is 12.2. The van der Waals surface area contributed by atoms with E-state index in [1.807, 2.05) is 0 Å². The summed E-state index contributed by atoms with van der Waals surface area (Å²) in [5.41, 5.74) is 2.22. The number of hydrogen-bond acceptors (Lipinski definition) is 3. The topological polar surface area (TPSA) is 84.2 Å². The van der Waals surface area contributed by atoms with Crippen LogP contribution in [0.25, 0.3) is 0 Å². The minimum absolute atomic E-state index is 0.478. The van der Waals surface area contributed by atoms with E-state index in [2.05, 4.69) is 37.2 Å². The van der Waals surface area contributed by atoms with Gasteiger partial charge >= 0.3 is 11.8 Å². The minimum Gasteiger partial charge on any atom is -0.316 e. The summed E-state index contributed by atoms with van der Waals surface area (Å²) >= 11 is 6.48. The summed E-state index contributed by atoms with van der Waals surface area (Å²) in [7, 11) is 0. The second kappa shape index (κ2) is 5.24. The molecule has 1 aromatic carbocycles. The van der Waals surface area contributed by atoms with Gasteiger partial charge in [-0.05, 0) is 44.0 Å². The van der Waals surface area contributed by atoms with E-state index in [1.54, 1.807) is 23.6 Å². The van der Waals surface area contributed by atoms with Crippen molar-refractivity contribution in [2.24, 2.45) is 5.84 Å². The van der Waals surface area contributed by atoms with Crippen molar-refractivity contribution >= 4 is 49.4 Å². The maximum atomic E-state index is 11.2. The SMILES string of the molecule is NNC(=O)C(=O)Nc1c(Br)cccc1Br. The summed E-state index contributed by atoms with van der Waals surface area (Å²) in [4.78, 5) is 22.1. The molecule has 0 spiro atoms. The van der Waals surface area contributed by atoms with Crippen LogP contribution in [0.4, 0.5) is 5.69 Å². The molecule has 0 radical (unpaired) electrons. The Bertz CT molecular complexity index is 389. The quantitative estimate of drug-likeness (QED) is 0.311. The molecule has 0 aliphatic carbocycles. The van der Waals surface area contributed by atoms with E-state index in [-0.39, 0.29) is 0 Å². The molecule has 7 heteroatoms. The number of benzene rings is 1. The first-order chi connectivity index (χ1) is 7.06. The van der Waals surface area contributed by atoms with Gasteiger partial charge in [-0.15, -0.1) is 0 Å². The van der Waals surface area contributed by atoms with E-state index in [9.17, 15) is 9.59 Å². The number of nitrogens with two attached hydrogens (primary N) is 1. The molecule has 0 saturated heterocycles. The molecular weight excluding hydrogens is 330 g/mol. The summed E-state index contributed by atoms with van der Waals surface area (Å²) in [6.07, 6.45) is 0. The van der Waals surface area contributed by atoms with Crippen LogP contribution in [0.1, 0.15) is 0 Å². The number of amides is 2. The molecule has 0 aliphatic heterocycles. The minimum atomic E-state index is -0.905. The van der Waals surface area contributed by atoms with Crippen molar-refractivity contribution in [1.82, 2.24) is 5.43 Å². The third-order valence-corrected chi connectivity index (χ3v) is 2.86. The van der Waals surface area contributed by atoms with Gasteiger partial charge in [-0.3, -0.25) is 15.0 Å². The second-order valence-electron chi connectivity index (χ2n) is 2.52. The molecule has 0 fully saturated rings. The van der Waals surface area contributed by atoms with Crippen molar-refractivity contribution in [3.8, 4) is 0 Å². The van der Waals surface area contributed by atoms with Gasteiger partial charge in [0.1, 0.15) is 0 Å². The molecule has 0 heterocycles. The van der Waals surface area contributed by atoms with Crippen LogP contribution >= 0.6 is 31.9 Å². The third kappa shape index (κ3) is 3.01. The van der Waals surface area contributed by atoms with Crippen molar-refractivity contribution in [3.63, 3.8) is 0 Å². The molecular formula is C8H7Br2N3O2. The van der Waals surface area contributed by atoms with Crippen LogP contribution < -0.4 is 16.6 Å². The Morgan fingerprint density at radius 1 is 1.13 bits per heavy atom. The maximum Gasteiger partial charge on any atom is 0.323 e. The molecule has 80 valence electrons. The van der Waals surface area contributed by atoms with Gasteiger partial charge in [0, 0.05) is 8.95 Å². The first-order valence-electron chi connectivity index (χ1n) is 3.82. The molecule has 4 N–H and O–H groups in total. The van der Waals surface area contributed by atoms with Gasteiger partial charge in [0.25, 0.3) is 0 Å². The highest BCUT2D eigenvalue weighted by atomic mass is 79.9. The van der Waals surface area contributed by atoms with Gasteiger partial charge in [-0.25, -0.2) is 5.84 Å². The number of carbonyl (C=O) groups is 2. The lowest BCUT2D eigenvalue weighted by Gasteiger charge is -2.08. The third-order valence-electron chi connectivity index (χ3n) is 1.54. The molecule has 1 rings (SSSR count). The summed E-state index contributed by atoms with van der Waals surface area (Å²) in [5, 5.41) is 2.40. The lowest BCUT2D eigenvalue weighted by molar-refractivity contribution is -0.136. The van der Waals surface area contributed by atoms with Crippen LogP contribution in [0.5, 0.6) is 0 Å². The van der Waals surface area contributed by atoms with Gasteiger partial charge in [0.05, 0.1) is 5.69 Å². The number of nitrogens with one attached hydrogen (secondary N) is 2. The summed E-state index contributed by atoms with van der Waals surface area (Å²) in [6.45, 7) is 0. The predicted molar refractivity (Wildman–Crippen MR) is 62.8 cm³/mol. The van der Waals surface area contributed by atoms with Crippen molar-refractivity contribution in [2.75, 3.05) is 5.32 Å². The van der Waals surface area contributed by atoms with E-state index >= 15 is 0 Å². The van der Waals surface area contributed by atoms with E-state index in [4.69, 9.17) is 5.84 Å². The Kier molecular flexibility index (Phi) is 4.25. The molecule has 2 amide bonds. The standard InChI is InChI=1S/C8H7Br2N3O2/c9-4-2-1-3-5(10)6(4)12-7(14)8(15)13-11/h1-3H,11H2,(H,12,14)(H,13,15). The van der Waals surface area contributed by atoms with Crippen LogP contribution in [-0.2, 0) is 9.59 Å². The molecule has 1 aromatic rings. The largest absolute Gasteiger partial charge is 0.323 e. The number of hydrogen-bond donors (Lipinski definition) is 3. The molecule has 5 nitrogen and oxygen atoms in total. The maximum absolute atomic E-state index is 11.2. The van der Waals surface area contributed by atoms with Crippen LogP contribution in [-0.4, -0.2) is 11.8 Å². The summed E-state index contributed by atoms with van der Waals surface area (Å²) < 4.78 is 1.32. The lowest BCUT2D eigenvalue weighted by Crippen LogP contribution is -2.39. The number of para-hydroxylation sites is 1. The monoisotopic (exact) mass is 335 g/mol. The number of carbonyl (C=O) groups excluding carboxylic acids is 2. The number of hydrazine groups is 1. The Labute approximate surface area is 103 Å². The first-order valence-corrected chi connectivity index (χ1v) is 5.40. The zero-order chi connectivity index (χ0) is 11.4. The summed E-state index contributed by atoms with van der Waals surface area (Å²) in [5.74, 6) is 3.09. The van der Waals surface area contributed by atoms with Gasteiger partial charge in [-0.2, -0.15) is 0 Å². The van der Waals surface area contributed by atoms with Gasteiger partial charge in [0.15, 0.2) is 0 Å². The molecule has 0 saturated carbocycles. The van der Waals surface area contributed by atoms with Crippen molar-refractivity contribution in [3.05, 3.63) is 27.1 Å². The number of rotatable bonds is 1. The van der Waals surface area contributed by atoms with Crippen LogP contribution in [0, 0.1) is 0 Å². The molecule has 0 unspecified atom stereocenters. The zero-order valence-corrected chi connectivity index (χ0v) is 10.6. The molecule has 0 aromatic heterocycles. The molecule has 15 heavy (non-hydrogen) atoms. The fraction of sp³-hybridized carbons (Fsp3) is 0. The fourth-order valence-electron chi connectivity index (χ4n) is 0.853. The van der Waals surface area contributed by atoms with Crippen molar-refractivity contribution < 1.29 is 9.59 Å². The highest BCUT2D eigenvalue weighted by molar-refractivity contribution is 9.11. The molecule has 0 aliphatic rings. The average molecular weight is 337 g/mol. The second-order valence-corrected chi connectivity index (χ2v) is 4.23. The number of halogens is 2. The molecule has 0 bridgehead atoms. The zero-order valence-electron chi connectivity index (χ0n) is 7.38. The number of anilines is 1. The Balaban J connectivity index is 2.90. The van der Waals surface area contributed by atoms with Gasteiger partial charge in [0.2, 0.25) is 0 Å². The summed E-state index contributed by atoms with van der Waals surface area (Å²) in [6, 6.07) is 5.26. The van der Waals surface area contributed by atoms with Crippen LogP contribution in [0.15, 0.2) is 27.1 Å². The highest BCUT2D eigenvalue weighted by Gasteiger charge is 2.14. The van der Waals surface area contributed by atoms with Crippen LogP contribution in [0.3, 0.4) is 0 Å². The predicted octanol–water partition coefficient (Wildman–Crippen LogP) is 1.14. The normalized spacial score (nSPS) is 9.53. The van der Waals surface area contributed by atoms with Crippen molar-refractivity contribution in [2.45, 2.75) is 0 Å². The fourth-order valence-corrected chi connectivity index (χ4v) is 2.05. The van der Waals surface area contributed by atoms with E-state index < -0.39 is 11.8 Å². The Morgan fingerprint density at radius 3 is 2.13 bits per heavy atom. The van der Waals surface area contributed by atoms with E-state index in [0.717, 1.165) is 0 Å². The van der Waals surface area contributed by atoms with Gasteiger partial charge in [-0.1, -0.05) is 6.07 Å². The van der Waals surface area contributed by atoms with Crippen LogP contribution in [0.2, 0.25) is 0 Å². The highest BCUT2D eigenvalue weighted by Crippen LogP contribution is 2.30. The molecule has 0 atom stereocenters.